The van der Waals surface area contributed by atoms with Crippen LogP contribution in [0.15, 0.2) is 36.4 Å². The third-order valence-electron chi connectivity index (χ3n) is 3.01. The molecular weight excluding hydrogens is 292 g/mol. The average Bonchev–Trinajstić information content (AvgIpc) is 2.36. The standard InChI is InChI=1S/C14H16N2O4S/c15-13-5-11(17)3-1-9(13)7-21(19,20)8-10-2-4-12(18)6-14(10)16/h1-6,17-18H,7-8,15-16H2. The van der Waals surface area contributed by atoms with E-state index in [4.69, 9.17) is 11.5 Å². The van der Waals surface area contributed by atoms with Crippen LogP contribution < -0.4 is 11.5 Å². The van der Waals surface area contributed by atoms with Crippen LogP contribution in [0.1, 0.15) is 11.1 Å². The summed E-state index contributed by atoms with van der Waals surface area (Å²) in [7, 11) is -3.48. The zero-order valence-corrected chi connectivity index (χ0v) is 12.0. The number of hydrogen-bond donors (Lipinski definition) is 4. The van der Waals surface area contributed by atoms with E-state index in [1.165, 1.54) is 36.4 Å². The molecule has 0 saturated heterocycles. The fourth-order valence-electron chi connectivity index (χ4n) is 1.95. The lowest BCUT2D eigenvalue weighted by molar-refractivity contribution is 0.475. The first-order valence-corrected chi connectivity index (χ1v) is 7.94. The fourth-order valence-corrected chi connectivity index (χ4v) is 3.53. The van der Waals surface area contributed by atoms with Crippen molar-refractivity contribution in [2.24, 2.45) is 0 Å². The molecule has 0 radical (unpaired) electrons. The summed E-state index contributed by atoms with van der Waals surface area (Å²) in [5.41, 5.74) is 12.7. The zero-order chi connectivity index (χ0) is 15.6. The molecule has 0 amide bonds. The molecule has 7 heteroatoms. The van der Waals surface area contributed by atoms with Crippen molar-refractivity contribution >= 4 is 21.2 Å². The molecule has 21 heavy (non-hydrogen) atoms. The molecular formula is C14H16N2O4S. The van der Waals surface area contributed by atoms with Crippen molar-refractivity contribution in [3.8, 4) is 11.5 Å². The Labute approximate surface area is 122 Å². The van der Waals surface area contributed by atoms with Crippen LogP contribution in [0.4, 0.5) is 11.4 Å². The van der Waals surface area contributed by atoms with E-state index in [1.54, 1.807) is 0 Å². The molecule has 0 heterocycles. The molecule has 2 rings (SSSR count). The van der Waals surface area contributed by atoms with E-state index in [-0.39, 0.29) is 34.4 Å². The van der Waals surface area contributed by atoms with Gasteiger partial charge in [0.2, 0.25) is 0 Å². The average molecular weight is 308 g/mol. The summed E-state index contributed by atoms with van der Waals surface area (Å²) in [6.07, 6.45) is 0. The highest BCUT2D eigenvalue weighted by atomic mass is 32.2. The predicted octanol–water partition coefficient (Wildman–Crippen LogP) is 1.38. The second-order valence-electron chi connectivity index (χ2n) is 4.80. The SMILES string of the molecule is Nc1cc(O)ccc1CS(=O)(=O)Cc1ccc(O)cc1N. The molecule has 0 aliphatic heterocycles. The highest BCUT2D eigenvalue weighted by Gasteiger charge is 2.17. The summed E-state index contributed by atoms with van der Waals surface area (Å²) in [6.45, 7) is 0. The molecule has 0 aliphatic carbocycles. The second kappa shape index (κ2) is 5.53. The molecule has 0 fully saturated rings. The van der Waals surface area contributed by atoms with Crippen molar-refractivity contribution in [2.45, 2.75) is 11.5 Å². The fraction of sp³-hybridized carbons (Fsp3) is 0.143. The summed E-state index contributed by atoms with van der Waals surface area (Å²) in [5.74, 6) is -0.536. The highest BCUT2D eigenvalue weighted by molar-refractivity contribution is 7.89. The van der Waals surface area contributed by atoms with E-state index in [0.717, 1.165) is 0 Å². The minimum Gasteiger partial charge on any atom is -0.508 e. The van der Waals surface area contributed by atoms with Gasteiger partial charge in [0.1, 0.15) is 11.5 Å². The van der Waals surface area contributed by atoms with Gasteiger partial charge in [-0.2, -0.15) is 0 Å². The first kappa shape index (κ1) is 15.0. The minimum atomic E-state index is -3.48. The summed E-state index contributed by atoms with van der Waals surface area (Å²) in [6, 6.07) is 8.33. The zero-order valence-electron chi connectivity index (χ0n) is 11.2. The van der Waals surface area contributed by atoms with Gasteiger partial charge in [0.25, 0.3) is 0 Å². The van der Waals surface area contributed by atoms with Crippen LogP contribution in [0.2, 0.25) is 0 Å². The van der Waals surface area contributed by atoms with Crippen molar-refractivity contribution < 1.29 is 18.6 Å². The number of phenols is 2. The predicted molar refractivity (Wildman–Crippen MR) is 81.4 cm³/mol. The van der Waals surface area contributed by atoms with Crippen LogP contribution in [0.3, 0.4) is 0 Å². The van der Waals surface area contributed by atoms with Crippen LogP contribution >= 0.6 is 0 Å². The van der Waals surface area contributed by atoms with Gasteiger partial charge in [0, 0.05) is 23.5 Å². The van der Waals surface area contributed by atoms with Crippen LogP contribution in [0.5, 0.6) is 11.5 Å². The molecule has 0 aromatic heterocycles. The van der Waals surface area contributed by atoms with E-state index in [2.05, 4.69) is 0 Å². The molecule has 0 saturated carbocycles. The number of phenolic OH excluding ortho intramolecular Hbond substituents is 2. The van der Waals surface area contributed by atoms with E-state index in [9.17, 15) is 18.6 Å². The van der Waals surface area contributed by atoms with E-state index < -0.39 is 9.84 Å². The quantitative estimate of drug-likeness (QED) is 0.632. The van der Waals surface area contributed by atoms with Crippen molar-refractivity contribution in [2.75, 3.05) is 11.5 Å². The summed E-state index contributed by atoms with van der Waals surface area (Å²) < 4.78 is 24.4. The van der Waals surface area contributed by atoms with Crippen LogP contribution in [-0.4, -0.2) is 18.6 Å². The molecule has 0 spiro atoms. The Morgan fingerprint density at radius 2 is 1.19 bits per heavy atom. The van der Waals surface area contributed by atoms with Crippen molar-refractivity contribution in [3.05, 3.63) is 47.5 Å². The van der Waals surface area contributed by atoms with Crippen LogP contribution in [0.25, 0.3) is 0 Å². The first-order valence-electron chi connectivity index (χ1n) is 6.12. The van der Waals surface area contributed by atoms with Gasteiger partial charge in [-0.1, -0.05) is 12.1 Å². The second-order valence-corrected chi connectivity index (χ2v) is 6.86. The number of hydrogen-bond acceptors (Lipinski definition) is 6. The number of sulfone groups is 1. The maximum Gasteiger partial charge on any atom is 0.158 e. The molecule has 112 valence electrons. The van der Waals surface area contributed by atoms with Crippen LogP contribution in [0, 0.1) is 0 Å². The highest BCUT2D eigenvalue weighted by Crippen LogP contribution is 2.24. The Kier molecular flexibility index (Phi) is 3.95. The van der Waals surface area contributed by atoms with Gasteiger partial charge in [-0.15, -0.1) is 0 Å². The Morgan fingerprint density at radius 3 is 1.52 bits per heavy atom. The maximum absolute atomic E-state index is 12.2. The van der Waals surface area contributed by atoms with Gasteiger partial charge in [-0.05, 0) is 23.3 Å². The third-order valence-corrected chi connectivity index (χ3v) is 4.51. The van der Waals surface area contributed by atoms with Crippen LogP contribution in [-0.2, 0) is 21.3 Å². The van der Waals surface area contributed by atoms with Crippen molar-refractivity contribution in [3.63, 3.8) is 0 Å². The van der Waals surface area contributed by atoms with Crippen molar-refractivity contribution in [1.82, 2.24) is 0 Å². The Bertz CT molecular complexity index is 713. The smallest absolute Gasteiger partial charge is 0.158 e. The van der Waals surface area contributed by atoms with Gasteiger partial charge in [-0.25, -0.2) is 8.42 Å². The molecule has 0 aliphatic rings. The monoisotopic (exact) mass is 308 g/mol. The minimum absolute atomic E-state index is 0.0172. The van der Waals surface area contributed by atoms with E-state index >= 15 is 0 Å². The summed E-state index contributed by atoms with van der Waals surface area (Å²) in [5, 5.41) is 18.5. The lowest BCUT2D eigenvalue weighted by Crippen LogP contribution is -2.10. The molecule has 0 atom stereocenters. The molecule has 2 aromatic rings. The Hall–Kier alpha value is -2.41. The number of nitrogens with two attached hydrogens (primary N) is 2. The van der Waals surface area contributed by atoms with E-state index in [1.807, 2.05) is 0 Å². The summed E-state index contributed by atoms with van der Waals surface area (Å²) in [4.78, 5) is 0. The van der Waals surface area contributed by atoms with Gasteiger partial charge < -0.3 is 21.7 Å². The van der Waals surface area contributed by atoms with E-state index in [0.29, 0.717) is 11.1 Å². The molecule has 0 bridgehead atoms. The number of anilines is 2. The molecule has 6 N–H and O–H groups in total. The van der Waals surface area contributed by atoms with Crippen molar-refractivity contribution in [1.29, 1.82) is 0 Å². The van der Waals surface area contributed by atoms with Gasteiger partial charge in [-0.3, -0.25) is 0 Å². The number of aromatic hydroxyl groups is 2. The lowest BCUT2D eigenvalue weighted by Gasteiger charge is -2.09. The largest absolute Gasteiger partial charge is 0.508 e. The maximum atomic E-state index is 12.2. The topological polar surface area (TPSA) is 127 Å². The Morgan fingerprint density at radius 1 is 0.810 bits per heavy atom. The summed E-state index contributed by atoms with van der Waals surface area (Å²) >= 11 is 0. The number of rotatable bonds is 4. The molecule has 2 aromatic carbocycles. The normalized spacial score (nSPS) is 11.4. The van der Waals surface area contributed by atoms with Gasteiger partial charge >= 0.3 is 0 Å². The first-order chi connectivity index (χ1) is 9.77. The van der Waals surface area contributed by atoms with Gasteiger partial charge in [0.15, 0.2) is 9.84 Å². The number of nitrogen functional groups attached to an aromatic ring is 2. The molecule has 0 unspecified atom stereocenters. The Balaban J connectivity index is 2.22. The van der Waals surface area contributed by atoms with Gasteiger partial charge in [0.05, 0.1) is 11.5 Å². The third kappa shape index (κ3) is 3.79. The molecule has 6 nitrogen and oxygen atoms in total. The number of benzene rings is 2. The lowest BCUT2D eigenvalue weighted by atomic mass is 10.2.